The third-order valence-electron chi connectivity index (χ3n) is 29.7. The molecule has 14 fully saturated rings. The van der Waals surface area contributed by atoms with Gasteiger partial charge in [0.1, 0.15) is 0 Å². The summed E-state index contributed by atoms with van der Waals surface area (Å²) in [7, 11) is 0. The molecule has 14 rings (SSSR count). The molecule has 0 N–H and O–H groups in total. The highest BCUT2D eigenvalue weighted by atomic mass is 15.2. The second kappa shape index (κ2) is 27.2. The van der Waals surface area contributed by atoms with E-state index in [9.17, 15) is 0 Å². The first-order valence-corrected chi connectivity index (χ1v) is 38.6. The molecule has 14 aliphatic carbocycles. The predicted octanol–water partition coefficient (Wildman–Crippen LogP) is 21.7. The zero-order valence-corrected chi connectivity index (χ0v) is 52.4. The van der Waals surface area contributed by atoms with Crippen molar-refractivity contribution in [2.75, 3.05) is 0 Å². The van der Waals surface area contributed by atoms with Crippen LogP contribution in [0.5, 0.6) is 0 Å². The minimum absolute atomic E-state index is 0.869. The van der Waals surface area contributed by atoms with Gasteiger partial charge in [-0.3, -0.25) is 9.80 Å². The first kappa shape index (κ1) is 57.2. The number of allylic oxidation sites excluding steroid dienone is 4. The van der Waals surface area contributed by atoms with Crippen LogP contribution in [0.25, 0.3) is 0 Å². The van der Waals surface area contributed by atoms with E-state index in [0.29, 0.717) is 0 Å². The summed E-state index contributed by atoms with van der Waals surface area (Å²) >= 11 is 0. The van der Waals surface area contributed by atoms with E-state index in [-0.39, 0.29) is 0 Å². The van der Waals surface area contributed by atoms with E-state index in [1.165, 1.54) is 180 Å². The number of nitrogens with zero attached hydrogens (tertiary/aromatic N) is 2. The van der Waals surface area contributed by atoms with Crippen molar-refractivity contribution < 1.29 is 0 Å². The Kier molecular flexibility index (Phi) is 19.4. The average Bonchev–Trinajstić information content (AvgIpc) is 3.66. The third-order valence-corrected chi connectivity index (χ3v) is 29.7. The molecule has 2 nitrogen and oxygen atoms in total. The van der Waals surface area contributed by atoms with Gasteiger partial charge >= 0.3 is 0 Å². The fourth-order valence-corrected chi connectivity index (χ4v) is 26.5. The number of fused-ring (bicyclic) bond motifs is 5. The largest absolute Gasteiger partial charge is 0.294 e. The molecule has 450 valence electrons. The van der Waals surface area contributed by atoms with Crippen molar-refractivity contribution >= 4 is 0 Å². The lowest BCUT2D eigenvalue weighted by molar-refractivity contribution is -0.159. The van der Waals surface area contributed by atoms with Gasteiger partial charge in [0, 0.05) is 36.3 Å². The second-order valence-electron chi connectivity index (χ2n) is 33.4. The highest BCUT2D eigenvalue weighted by Gasteiger charge is 2.61. The Hall–Kier alpha value is -0.600. The molecule has 0 spiro atoms. The Morgan fingerprint density at radius 2 is 0.500 bits per heavy atom. The molecule has 14 saturated carbocycles. The predicted molar refractivity (Wildman–Crippen MR) is 338 cm³/mol. The monoisotopic (exact) mass is 1090 g/mol. The van der Waals surface area contributed by atoms with Gasteiger partial charge in [-0.15, -0.1) is 0 Å². The fourth-order valence-electron chi connectivity index (χ4n) is 26.5. The van der Waals surface area contributed by atoms with Crippen LogP contribution in [-0.2, 0) is 0 Å². The van der Waals surface area contributed by atoms with E-state index in [1.54, 1.807) is 141 Å². The lowest BCUT2D eigenvalue weighted by Gasteiger charge is -2.65. The maximum atomic E-state index is 3.46. The zero-order valence-electron chi connectivity index (χ0n) is 52.4. The number of rotatable bonds is 12. The molecular formula is C78H128N2. The van der Waals surface area contributed by atoms with Crippen molar-refractivity contribution in [3.8, 4) is 0 Å². The van der Waals surface area contributed by atoms with Gasteiger partial charge in [0.05, 0.1) is 0 Å². The molecule has 14 aliphatic rings. The maximum absolute atomic E-state index is 3.46. The molecule has 0 radical (unpaired) electrons. The molecule has 0 aromatic carbocycles. The van der Waals surface area contributed by atoms with Crippen molar-refractivity contribution in [1.82, 2.24) is 9.80 Å². The lowest BCUT2D eigenvalue weighted by Crippen LogP contribution is -2.61. The first-order valence-electron chi connectivity index (χ1n) is 38.6. The maximum Gasteiger partial charge on any atom is 0.0132 e. The molecule has 0 aliphatic heterocycles. The summed E-state index contributed by atoms with van der Waals surface area (Å²) in [5, 5.41) is 0. The standard InChI is InChI=1S/C78H128N2/c1-5-21-55(22-6-1)39-41-57-43-47-63(48-44-57)79(61-27-9-3-10-28-61)75-38-20-35-68-70(75)36-19-37-71(68)77-65-31-15-13-25-59(65)54-74-73(77)53-60-26-14-16-32-66(60)78(74)72-51-52-76(69-34-18-17-33-67(69)72)80(62-29-11-4-12-30-62)64-49-45-58(46-50-64)42-40-56-23-7-2-8-24-56/h39-42,55-78H,1-38,43-54H2. The van der Waals surface area contributed by atoms with Gasteiger partial charge in [0.2, 0.25) is 0 Å². The van der Waals surface area contributed by atoms with Gasteiger partial charge in [0.15, 0.2) is 0 Å². The van der Waals surface area contributed by atoms with Crippen LogP contribution < -0.4 is 0 Å². The quantitative estimate of drug-likeness (QED) is 0.180. The summed E-state index contributed by atoms with van der Waals surface area (Å²) in [6.45, 7) is 0. The Labute approximate surface area is 495 Å². The van der Waals surface area contributed by atoms with Crippen LogP contribution in [0.2, 0.25) is 0 Å². The van der Waals surface area contributed by atoms with E-state index in [0.717, 1.165) is 143 Å². The Morgan fingerprint density at radius 1 is 0.188 bits per heavy atom. The first-order chi connectivity index (χ1) is 39.7. The van der Waals surface area contributed by atoms with Crippen LogP contribution in [0, 0.1) is 107 Å². The molecule has 0 aromatic rings. The molecule has 0 amide bonds. The molecule has 2 heteroatoms. The van der Waals surface area contributed by atoms with Gasteiger partial charge in [-0.1, -0.05) is 166 Å². The van der Waals surface area contributed by atoms with Crippen LogP contribution >= 0.6 is 0 Å². The van der Waals surface area contributed by atoms with Gasteiger partial charge in [0.25, 0.3) is 0 Å². The highest BCUT2D eigenvalue weighted by molar-refractivity contribution is 5.11. The van der Waals surface area contributed by atoms with Crippen molar-refractivity contribution in [2.45, 2.75) is 357 Å². The molecule has 80 heavy (non-hydrogen) atoms. The lowest BCUT2D eigenvalue weighted by atomic mass is 9.41. The SMILES string of the molecule is C(=CC1CCC(N(C2CCCCC2)C2CCCC3C(C4C5CCCCC5CC5C4CC4CCCCC4C5C4CCC(N(C5CCCCC5)C5CCC(C=CC6CCCCC6)CC5)C5CCCCC45)CCCC32)CC1)C1CCCCC1. The summed E-state index contributed by atoms with van der Waals surface area (Å²) in [6, 6.07) is 5.38. The van der Waals surface area contributed by atoms with Gasteiger partial charge in [-0.05, 0) is 286 Å². The van der Waals surface area contributed by atoms with E-state index < -0.39 is 0 Å². The zero-order chi connectivity index (χ0) is 53.2. The number of hydrogen-bond acceptors (Lipinski definition) is 2. The minimum atomic E-state index is 0.869. The molecule has 0 aromatic heterocycles. The topological polar surface area (TPSA) is 6.48 Å². The smallest absolute Gasteiger partial charge is 0.0132 e. The number of hydrogen-bond donors (Lipinski definition) is 0. The summed E-state index contributed by atoms with van der Waals surface area (Å²) < 4.78 is 0. The summed E-state index contributed by atoms with van der Waals surface area (Å²) in [5.74, 6) is 18.4. The summed E-state index contributed by atoms with van der Waals surface area (Å²) in [5.41, 5.74) is 0. The van der Waals surface area contributed by atoms with E-state index in [2.05, 4.69) is 34.1 Å². The van der Waals surface area contributed by atoms with Gasteiger partial charge < -0.3 is 0 Å². The second-order valence-corrected chi connectivity index (χ2v) is 33.4. The third kappa shape index (κ3) is 12.3. The van der Waals surface area contributed by atoms with Crippen LogP contribution in [0.15, 0.2) is 24.3 Å². The highest BCUT2D eigenvalue weighted by Crippen LogP contribution is 2.67. The Balaban J connectivity index is 0.723. The Bertz CT molecular complexity index is 1810. The van der Waals surface area contributed by atoms with Crippen LogP contribution in [0.1, 0.15) is 321 Å². The summed E-state index contributed by atoms with van der Waals surface area (Å²) in [6.07, 6.45) is 88.3. The molecule has 16 unspecified atom stereocenters. The molecular weight excluding hydrogens is 965 g/mol. The van der Waals surface area contributed by atoms with E-state index >= 15 is 0 Å². The van der Waals surface area contributed by atoms with E-state index in [4.69, 9.17) is 0 Å². The van der Waals surface area contributed by atoms with Crippen LogP contribution in [-0.4, -0.2) is 46.1 Å². The normalized spacial score (nSPS) is 46.2. The minimum Gasteiger partial charge on any atom is -0.294 e. The van der Waals surface area contributed by atoms with Crippen molar-refractivity contribution in [2.24, 2.45) is 107 Å². The van der Waals surface area contributed by atoms with Crippen LogP contribution in [0.4, 0.5) is 0 Å². The van der Waals surface area contributed by atoms with Crippen molar-refractivity contribution in [3.63, 3.8) is 0 Å². The molecule has 0 saturated heterocycles. The molecule has 0 heterocycles. The summed E-state index contributed by atoms with van der Waals surface area (Å²) in [4.78, 5) is 6.92. The molecule has 0 bridgehead atoms. The van der Waals surface area contributed by atoms with Gasteiger partial charge in [-0.2, -0.15) is 0 Å². The average molecular weight is 1090 g/mol. The van der Waals surface area contributed by atoms with Crippen LogP contribution in [0.3, 0.4) is 0 Å². The fraction of sp³-hybridized carbons (Fsp3) is 0.949. The van der Waals surface area contributed by atoms with Gasteiger partial charge in [-0.25, -0.2) is 0 Å². The Morgan fingerprint density at radius 3 is 0.975 bits per heavy atom. The van der Waals surface area contributed by atoms with E-state index in [1.807, 2.05) is 0 Å². The van der Waals surface area contributed by atoms with Crippen molar-refractivity contribution in [1.29, 1.82) is 0 Å². The van der Waals surface area contributed by atoms with Crippen molar-refractivity contribution in [3.05, 3.63) is 24.3 Å². The molecule has 16 atom stereocenters.